The quantitative estimate of drug-likeness (QED) is 0.196. The molecule has 0 radical (unpaired) electrons. The zero-order chi connectivity index (χ0) is 42.6. The van der Waals surface area contributed by atoms with Crippen LogP contribution in [0.1, 0.15) is 42.8 Å². The Balaban J connectivity index is 1.49. The molecule has 2 aliphatic rings. The van der Waals surface area contributed by atoms with Crippen molar-refractivity contribution in [3.05, 3.63) is 186 Å². The van der Waals surface area contributed by atoms with Crippen molar-refractivity contribution in [1.82, 2.24) is 4.57 Å². The zero-order valence-electron chi connectivity index (χ0n) is 38.3. The number of fused-ring (bicyclic) bond motifs is 12. The highest BCUT2D eigenvalue weighted by atomic mass is 16.5. The molecule has 1 aliphatic heterocycles. The van der Waals surface area contributed by atoms with Gasteiger partial charge in [0.1, 0.15) is 11.5 Å². The molecule has 1 aliphatic carbocycles. The average Bonchev–Trinajstić information content (AvgIpc) is 3.75. The summed E-state index contributed by atoms with van der Waals surface area (Å²) in [4.78, 5) is 0. The second-order valence-corrected chi connectivity index (χ2v) is 10.9. The highest BCUT2D eigenvalue weighted by Gasteiger charge is 2.51. The standard InChI is InChI=1S/C43H27NO/c1-2-13-29(14-3-1)44-39-23-10-6-17-33(39)34-19-12-18-30(42(34)44)28-25-26-41-38(27-28)43(37-22-9-11-24-40(37)45-41)35-20-7-4-15-31(35)32-16-5-8-21-36(32)43/h1-27H/i4D,5D,7D,8D,9D,11D,15D,16D,20D,21D,22D,24D,25D,26D,27D. The first kappa shape index (κ1) is 14.3. The second kappa shape index (κ2) is 9.07. The Hall–Kier alpha value is -5.86. The third kappa shape index (κ3) is 3.18. The number of hydrogen-bond donors (Lipinski definition) is 0. The van der Waals surface area contributed by atoms with E-state index in [0.29, 0.717) is 11.1 Å². The van der Waals surface area contributed by atoms with Crippen LogP contribution in [0.15, 0.2) is 163 Å². The molecule has 0 saturated carbocycles. The van der Waals surface area contributed by atoms with Crippen LogP contribution in [0.4, 0.5) is 0 Å². The fraction of sp³-hybridized carbons (Fsp3) is 0.0233. The summed E-state index contributed by atoms with van der Waals surface area (Å²) in [7, 11) is 0. The van der Waals surface area contributed by atoms with E-state index in [9.17, 15) is 11.0 Å². The van der Waals surface area contributed by atoms with Gasteiger partial charge >= 0.3 is 0 Å². The molecule has 0 unspecified atom stereocenters. The normalized spacial score (nSPS) is 18.4. The topological polar surface area (TPSA) is 14.2 Å². The third-order valence-electron chi connectivity index (χ3n) is 8.74. The van der Waals surface area contributed by atoms with Crippen LogP contribution in [0.3, 0.4) is 0 Å². The van der Waals surface area contributed by atoms with Crippen molar-refractivity contribution in [2.24, 2.45) is 0 Å². The van der Waals surface area contributed by atoms with E-state index < -0.39 is 124 Å². The fourth-order valence-electron chi connectivity index (χ4n) is 6.99. The Labute approximate surface area is 282 Å². The van der Waals surface area contributed by atoms with Crippen LogP contribution in [0, 0.1) is 0 Å². The zero-order valence-corrected chi connectivity index (χ0v) is 23.3. The highest BCUT2D eigenvalue weighted by Crippen LogP contribution is 2.62. The summed E-state index contributed by atoms with van der Waals surface area (Å²) in [5.74, 6) is -1.13. The molecule has 0 amide bonds. The molecule has 7 aromatic carbocycles. The number of rotatable bonds is 2. The van der Waals surface area contributed by atoms with Crippen LogP contribution in [-0.4, -0.2) is 4.57 Å². The maximum atomic E-state index is 10.3. The van der Waals surface area contributed by atoms with Gasteiger partial charge in [-0.2, -0.15) is 0 Å². The first-order chi connectivity index (χ1) is 28.6. The van der Waals surface area contributed by atoms with E-state index in [-0.39, 0.29) is 22.3 Å². The summed E-state index contributed by atoms with van der Waals surface area (Å²) in [5.41, 5.74) is -2.66. The van der Waals surface area contributed by atoms with E-state index in [4.69, 9.17) is 14.3 Å². The van der Waals surface area contributed by atoms with Gasteiger partial charge in [0.05, 0.1) is 37.0 Å². The lowest BCUT2D eigenvalue weighted by molar-refractivity contribution is 0.436. The van der Waals surface area contributed by atoms with E-state index in [0.717, 1.165) is 22.0 Å². The molecule has 210 valence electrons. The number of para-hydroxylation sites is 4. The van der Waals surface area contributed by atoms with Crippen LogP contribution in [0.5, 0.6) is 11.5 Å². The summed E-state index contributed by atoms with van der Waals surface area (Å²) in [6.07, 6.45) is 0. The maximum absolute atomic E-state index is 10.3. The average molecular weight is 589 g/mol. The lowest BCUT2D eigenvalue weighted by Gasteiger charge is -2.39. The van der Waals surface area contributed by atoms with E-state index in [1.165, 1.54) is 0 Å². The van der Waals surface area contributed by atoms with Crippen LogP contribution in [0.2, 0.25) is 0 Å². The molecule has 8 aromatic rings. The van der Waals surface area contributed by atoms with Gasteiger partial charge in [0.2, 0.25) is 0 Å². The molecular formula is C43H27NO. The van der Waals surface area contributed by atoms with Crippen molar-refractivity contribution >= 4 is 21.8 Å². The summed E-state index contributed by atoms with van der Waals surface area (Å²) >= 11 is 0. The van der Waals surface area contributed by atoms with Crippen LogP contribution >= 0.6 is 0 Å². The number of hydrogen-bond acceptors (Lipinski definition) is 1. The predicted octanol–water partition coefficient (Wildman–Crippen LogP) is 10.9. The van der Waals surface area contributed by atoms with E-state index in [1.807, 2.05) is 65.2 Å². The van der Waals surface area contributed by atoms with Crippen molar-refractivity contribution < 1.29 is 25.3 Å². The second-order valence-electron chi connectivity index (χ2n) is 10.9. The third-order valence-corrected chi connectivity index (χ3v) is 8.74. The first-order valence-corrected chi connectivity index (χ1v) is 14.3. The molecule has 1 spiro atoms. The molecule has 2 nitrogen and oxygen atoms in total. The minimum atomic E-state index is -2.55. The number of ether oxygens (including phenoxy) is 1. The largest absolute Gasteiger partial charge is 0.457 e. The van der Waals surface area contributed by atoms with Gasteiger partial charge in [-0.25, -0.2) is 0 Å². The minimum Gasteiger partial charge on any atom is -0.457 e. The number of aromatic nitrogens is 1. The summed E-state index contributed by atoms with van der Waals surface area (Å²) in [6.45, 7) is 0. The molecule has 0 N–H and O–H groups in total. The Kier molecular flexibility index (Phi) is 2.88. The Bertz CT molecular complexity index is 3240. The van der Waals surface area contributed by atoms with Gasteiger partial charge in [-0.05, 0) is 64.1 Å². The Morgan fingerprint density at radius 1 is 0.511 bits per heavy atom. The maximum Gasteiger partial charge on any atom is 0.132 e. The summed E-state index contributed by atoms with van der Waals surface area (Å²) in [6, 6.07) is 11.8. The number of benzene rings is 7. The molecule has 45 heavy (non-hydrogen) atoms. The van der Waals surface area contributed by atoms with Gasteiger partial charge in [0.25, 0.3) is 0 Å². The van der Waals surface area contributed by atoms with Gasteiger partial charge in [-0.15, -0.1) is 0 Å². The molecule has 2 heteroatoms. The lowest BCUT2D eigenvalue weighted by Crippen LogP contribution is -2.32. The van der Waals surface area contributed by atoms with Gasteiger partial charge in [0, 0.05) is 33.2 Å². The molecule has 0 saturated heterocycles. The molecule has 0 atom stereocenters. The number of nitrogens with zero attached hydrogens (tertiary/aromatic N) is 1. The molecule has 2 heterocycles. The minimum absolute atomic E-state index is 0.131. The molecule has 10 rings (SSSR count). The van der Waals surface area contributed by atoms with Gasteiger partial charge in [0.15, 0.2) is 0 Å². The van der Waals surface area contributed by atoms with Crippen molar-refractivity contribution in [3.8, 4) is 39.4 Å². The first-order valence-electron chi connectivity index (χ1n) is 21.8. The predicted molar refractivity (Wildman–Crippen MR) is 184 cm³/mol. The van der Waals surface area contributed by atoms with Gasteiger partial charge in [-0.1, -0.05) is 127 Å². The Morgan fingerprint density at radius 3 is 1.96 bits per heavy atom. The van der Waals surface area contributed by atoms with Crippen molar-refractivity contribution in [2.75, 3.05) is 0 Å². The monoisotopic (exact) mass is 588 g/mol. The van der Waals surface area contributed by atoms with Crippen molar-refractivity contribution in [1.29, 1.82) is 0 Å². The van der Waals surface area contributed by atoms with Crippen LogP contribution < -0.4 is 4.74 Å². The smallest absolute Gasteiger partial charge is 0.132 e. The fourth-order valence-corrected chi connectivity index (χ4v) is 6.99. The lowest BCUT2D eigenvalue weighted by atomic mass is 9.66. The molecule has 0 bridgehead atoms. The summed E-state index contributed by atoms with van der Waals surface area (Å²) in [5, 5.41) is 1.58. The molecular weight excluding hydrogens is 546 g/mol. The van der Waals surface area contributed by atoms with E-state index >= 15 is 0 Å². The SMILES string of the molecule is [2H]c1c([2H])c([2H])c2c(c1[2H])Oc1c([2H])c([2H])c(-c3cccc4c5ccccc5n(-c5ccccc5)c34)c([2H])c1C21c2c([2H])c([2H])c([2H])c([2H])c2-c2c([2H])c([2H])c([2H])c([2H])c21. The van der Waals surface area contributed by atoms with Crippen LogP contribution in [0.25, 0.3) is 49.7 Å². The highest BCUT2D eigenvalue weighted by molar-refractivity contribution is 6.13. The van der Waals surface area contributed by atoms with Crippen molar-refractivity contribution in [3.63, 3.8) is 0 Å². The van der Waals surface area contributed by atoms with E-state index in [1.54, 1.807) is 12.1 Å². The van der Waals surface area contributed by atoms with E-state index in [2.05, 4.69) is 0 Å². The van der Waals surface area contributed by atoms with Crippen LogP contribution in [-0.2, 0) is 5.41 Å². The summed E-state index contributed by atoms with van der Waals surface area (Å²) < 4.78 is 146. The Morgan fingerprint density at radius 2 is 1.16 bits per heavy atom. The molecule has 0 fully saturated rings. The van der Waals surface area contributed by atoms with Gasteiger partial charge in [-0.3, -0.25) is 0 Å². The molecule has 1 aromatic heterocycles. The van der Waals surface area contributed by atoms with Gasteiger partial charge < -0.3 is 9.30 Å². The van der Waals surface area contributed by atoms with Crippen molar-refractivity contribution in [2.45, 2.75) is 5.41 Å².